The van der Waals surface area contributed by atoms with Gasteiger partial charge in [-0.1, -0.05) is 36.7 Å². The molecule has 0 bridgehead atoms. The minimum Gasteiger partial charge on any atom is -0.481 e. The number of hydrogen-bond donors (Lipinski definition) is 2. The van der Waals surface area contributed by atoms with Crippen molar-refractivity contribution >= 4 is 17.6 Å². The minimum atomic E-state index is -0.952. The Morgan fingerprint density at radius 2 is 2.07 bits per heavy atom. The molecule has 1 aromatic rings. The Labute approximate surface area is 93.3 Å². The number of carbonyl (C=O) groups is 1. The first kappa shape index (κ1) is 12.0. The van der Waals surface area contributed by atoms with Gasteiger partial charge in [0.15, 0.2) is 0 Å². The zero-order valence-corrected chi connectivity index (χ0v) is 9.16. The fourth-order valence-electron chi connectivity index (χ4n) is 1.52. The summed E-state index contributed by atoms with van der Waals surface area (Å²) in [6.45, 7) is 1.44. The molecule has 2 N–H and O–H groups in total. The summed E-state index contributed by atoms with van der Waals surface area (Å²) in [5.74, 6) is -0.952. The molecule has 0 radical (unpaired) electrons. The molecule has 0 aromatic heterocycles. The first-order valence-electron chi connectivity index (χ1n) is 4.57. The molecule has 0 saturated carbocycles. The Morgan fingerprint density at radius 1 is 1.47 bits per heavy atom. The molecule has 15 heavy (non-hydrogen) atoms. The molecule has 4 heteroatoms. The maximum absolute atomic E-state index is 10.7. The standard InChI is InChI=1S/C11H13ClO3/c1-11(7-13,6-10(14)15)8-4-2-3-5-9(8)12/h2-5,13H,6-7H2,1H3,(H,14,15). The summed E-state index contributed by atoms with van der Waals surface area (Å²) in [6.07, 6.45) is -0.146. The number of rotatable bonds is 4. The van der Waals surface area contributed by atoms with Crippen molar-refractivity contribution in [3.8, 4) is 0 Å². The molecule has 0 aliphatic rings. The quantitative estimate of drug-likeness (QED) is 0.830. The molecular formula is C11H13ClO3. The van der Waals surface area contributed by atoms with Gasteiger partial charge in [0.1, 0.15) is 0 Å². The second kappa shape index (κ2) is 4.64. The van der Waals surface area contributed by atoms with Gasteiger partial charge in [-0.05, 0) is 11.6 Å². The van der Waals surface area contributed by atoms with Crippen molar-refractivity contribution in [3.05, 3.63) is 34.9 Å². The summed E-state index contributed by atoms with van der Waals surface area (Å²) in [5.41, 5.74) is -0.166. The molecule has 0 heterocycles. The monoisotopic (exact) mass is 228 g/mol. The molecule has 0 aliphatic carbocycles. The molecule has 0 spiro atoms. The lowest BCUT2D eigenvalue weighted by molar-refractivity contribution is -0.138. The lowest BCUT2D eigenvalue weighted by Gasteiger charge is -2.26. The highest BCUT2D eigenvalue weighted by Crippen LogP contribution is 2.32. The van der Waals surface area contributed by atoms with Crippen LogP contribution in [-0.4, -0.2) is 22.8 Å². The Bertz CT molecular complexity index is 365. The zero-order chi connectivity index (χ0) is 11.5. The number of aliphatic hydroxyl groups excluding tert-OH is 1. The highest BCUT2D eigenvalue weighted by Gasteiger charge is 2.30. The second-order valence-corrected chi connectivity index (χ2v) is 4.18. The molecule has 0 fully saturated rings. The van der Waals surface area contributed by atoms with E-state index in [2.05, 4.69) is 0 Å². The average Bonchev–Trinajstić information content (AvgIpc) is 2.17. The van der Waals surface area contributed by atoms with Crippen molar-refractivity contribution in [3.63, 3.8) is 0 Å². The fourth-order valence-corrected chi connectivity index (χ4v) is 1.88. The molecule has 0 aliphatic heterocycles. The molecule has 0 amide bonds. The van der Waals surface area contributed by atoms with Crippen molar-refractivity contribution in [2.45, 2.75) is 18.8 Å². The van der Waals surface area contributed by atoms with Crippen LogP contribution in [0.1, 0.15) is 18.9 Å². The van der Waals surface area contributed by atoms with Gasteiger partial charge in [0.2, 0.25) is 0 Å². The van der Waals surface area contributed by atoms with E-state index in [1.54, 1.807) is 31.2 Å². The van der Waals surface area contributed by atoms with E-state index in [-0.39, 0.29) is 13.0 Å². The number of hydrogen-bond acceptors (Lipinski definition) is 2. The van der Waals surface area contributed by atoms with Crippen LogP contribution in [0.5, 0.6) is 0 Å². The third kappa shape index (κ3) is 2.70. The maximum atomic E-state index is 10.7. The SMILES string of the molecule is CC(CO)(CC(=O)O)c1ccccc1Cl. The van der Waals surface area contributed by atoms with Gasteiger partial charge in [-0.2, -0.15) is 0 Å². The first-order chi connectivity index (χ1) is 6.99. The number of carboxylic acid groups (broad SMARTS) is 1. The summed E-state index contributed by atoms with van der Waals surface area (Å²) in [7, 11) is 0. The van der Waals surface area contributed by atoms with Crippen LogP contribution in [0, 0.1) is 0 Å². The highest BCUT2D eigenvalue weighted by atomic mass is 35.5. The van der Waals surface area contributed by atoms with Gasteiger partial charge < -0.3 is 10.2 Å². The minimum absolute atomic E-state index is 0.146. The smallest absolute Gasteiger partial charge is 0.304 e. The largest absolute Gasteiger partial charge is 0.481 e. The number of benzene rings is 1. The average molecular weight is 229 g/mol. The van der Waals surface area contributed by atoms with Gasteiger partial charge in [-0.15, -0.1) is 0 Å². The fraction of sp³-hybridized carbons (Fsp3) is 0.364. The molecule has 0 saturated heterocycles. The molecule has 3 nitrogen and oxygen atoms in total. The van der Waals surface area contributed by atoms with Crippen molar-refractivity contribution in [2.75, 3.05) is 6.61 Å². The zero-order valence-electron chi connectivity index (χ0n) is 8.40. The van der Waals surface area contributed by atoms with E-state index in [0.717, 1.165) is 0 Å². The molecule has 1 rings (SSSR count). The van der Waals surface area contributed by atoms with Crippen LogP contribution in [0.2, 0.25) is 5.02 Å². The summed E-state index contributed by atoms with van der Waals surface area (Å²) in [4.78, 5) is 10.7. The van der Waals surface area contributed by atoms with Crippen LogP contribution in [-0.2, 0) is 10.2 Å². The van der Waals surface area contributed by atoms with Crippen LogP contribution in [0.25, 0.3) is 0 Å². The third-order valence-corrected chi connectivity index (χ3v) is 2.74. The van der Waals surface area contributed by atoms with Crippen molar-refractivity contribution in [1.29, 1.82) is 0 Å². The van der Waals surface area contributed by atoms with Crippen molar-refractivity contribution < 1.29 is 15.0 Å². The van der Waals surface area contributed by atoms with Gasteiger partial charge >= 0.3 is 5.97 Å². The van der Waals surface area contributed by atoms with Gasteiger partial charge in [0.25, 0.3) is 0 Å². The highest BCUT2D eigenvalue weighted by molar-refractivity contribution is 6.31. The van der Waals surface area contributed by atoms with E-state index in [4.69, 9.17) is 16.7 Å². The van der Waals surface area contributed by atoms with E-state index >= 15 is 0 Å². The summed E-state index contributed by atoms with van der Waals surface area (Å²) < 4.78 is 0. The molecular weight excluding hydrogens is 216 g/mol. The predicted molar refractivity (Wildman–Crippen MR) is 58.1 cm³/mol. The predicted octanol–water partition coefficient (Wildman–Crippen LogP) is 2.06. The maximum Gasteiger partial charge on any atom is 0.304 e. The Kier molecular flexibility index (Phi) is 3.72. The van der Waals surface area contributed by atoms with E-state index in [1.165, 1.54) is 0 Å². The summed E-state index contributed by atoms with van der Waals surface area (Å²) in [6, 6.07) is 6.97. The van der Waals surface area contributed by atoms with E-state index < -0.39 is 11.4 Å². The molecule has 82 valence electrons. The third-order valence-electron chi connectivity index (χ3n) is 2.41. The van der Waals surface area contributed by atoms with Crippen LogP contribution in [0.3, 0.4) is 0 Å². The van der Waals surface area contributed by atoms with Gasteiger partial charge in [0.05, 0.1) is 13.0 Å². The Balaban J connectivity index is 3.11. The molecule has 1 unspecified atom stereocenters. The van der Waals surface area contributed by atoms with Crippen LogP contribution in [0.4, 0.5) is 0 Å². The van der Waals surface area contributed by atoms with Crippen LogP contribution >= 0.6 is 11.6 Å². The number of aliphatic carboxylic acids is 1. The lowest BCUT2D eigenvalue weighted by Crippen LogP contribution is -2.30. The first-order valence-corrected chi connectivity index (χ1v) is 4.95. The number of halogens is 1. The van der Waals surface area contributed by atoms with Gasteiger partial charge in [0, 0.05) is 10.4 Å². The van der Waals surface area contributed by atoms with Crippen molar-refractivity contribution in [2.24, 2.45) is 0 Å². The Hall–Kier alpha value is -1.06. The summed E-state index contributed by atoms with van der Waals surface area (Å²) >= 11 is 5.97. The van der Waals surface area contributed by atoms with Crippen LogP contribution in [0.15, 0.2) is 24.3 Å². The van der Waals surface area contributed by atoms with E-state index in [0.29, 0.717) is 10.6 Å². The Morgan fingerprint density at radius 3 is 2.53 bits per heavy atom. The second-order valence-electron chi connectivity index (χ2n) is 3.77. The molecule has 1 atom stereocenters. The summed E-state index contributed by atoms with van der Waals surface area (Å²) in [5, 5.41) is 18.6. The van der Waals surface area contributed by atoms with E-state index in [1.807, 2.05) is 0 Å². The molecule has 1 aromatic carbocycles. The topological polar surface area (TPSA) is 57.5 Å². The number of carboxylic acids is 1. The van der Waals surface area contributed by atoms with Crippen LogP contribution < -0.4 is 0 Å². The normalized spacial score (nSPS) is 14.6. The lowest BCUT2D eigenvalue weighted by atomic mass is 9.80. The van der Waals surface area contributed by atoms with Gasteiger partial charge in [-0.25, -0.2) is 0 Å². The number of aliphatic hydroxyl groups is 1. The van der Waals surface area contributed by atoms with E-state index in [9.17, 15) is 9.90 Å². The van der Waals surface area contributed by atoms with Crippen molar-refractivity contribution in [1.82, 2.24) is 0 Å². The van der Waals surface area contributed by atoms with Gasteiger partial charge in [-0.3, -0.25) is 4.79 Å².